The van der Waals surface area contributed by atoms with Gasteiger partial charge in [-0.15, -0.1) is 11.8 Å². The molecule has 0 saturated heterocycles. The standard InChI is InChI=1S/C16H23NS/c1-3-16(18-15-7-5-4-6-8-15)17-14-11-9-13(2)10-12-14/h9-12,15H,3-8H2,1-2H3. The van der Waals surface area contributed by atoms with Gasteiger partial charge in [-0.25, -0.2) is 4.99 Å². The maximum atomic E-state index is 4.79. The Morgan fingerprint density at radius 1 is 1.17 bits per heavy atom. The molecule has 98 valence electrons. The van der Waals surface area contributed by atoms with Gasteiger partial charge in [0.25, 0.3) is 0 Å². The Bertz CT molecular complexity index is 388. The molecule has 1 nitrogen and oxygen atoms in total. The SMILES string of the molecule is CCC(=Nc1ccc(C)cc1)SC1CCCCC1. The van der Waals surface area contributed by atoms with Gasteiger partial charge in [-0.2, -0.15) is 0 Å². The minimum Gasteiger partial charge on any atom is -0.247 e. The first kappa shape index (κ1) is 13.7. The van der Waals surface area contributed by atoms with Crippen LogP contribution in [-0.2, 0) is 0 Å². The fourth-order valence-corrected chi connectivity index (χ4v) is 3.61. The van der Waals surface area contributed by atoms with Gasteiger partial charge in [0.15, 0.2) is 0 Å². The highest BCUT2D eigenvalue weighted by molar-refractivity contribution is 8.14. The minimum absolute atomic E-state index is 0.808. The molecule has 1 aromatic rings. The lowest BCUT2D eigenvalue weighted by atomic mass is 10.0. The summed E-state index contributed by atoms with van der Waals surface area (Å²) in [5.41, 5.74) is 2.40. The van der Waals surface area contributed by atoms with Crippen LogP contribution in [0.3, 0.4) is 0 Å². The summed E-state index contributed by atoms with van der Waals surface area (Å²) in [7, 11) is 0. The zero-order valence-electron chi connectivity index (χ0n) is 11.5. The van der Waals surface area contributed by atoms with Crippen molar-refractivity contribution in [1.29, 1.82) is 0 Å². The molecule has 2 rings (SSSR count). The number of thioether (sulfide) groups is 1. The largest absolute Gasteiger partial charge is 0.247 e. The molecule has 1 aliphatic carbocycles. The quantitative estimate of drug-likeness (QED) is 0.517. The summed E-state index contributed by atoms with van der Waals surface area (Å²) in [6.07, 6.45) is 8.02. The molecule has 0 spiro atoms. The predicted octanol–water partition coefficient (Wildman–Crippen LogP) is 5.50. The van der Waals surface area contributed by atoms with E-state index in [9.17, 15) is 0 Å². The molecular weight excluding hydrogens is 238 g/mol. The summed E-state index contributed by atoms with van der Waals surface area (Å²) in [6, 6.07) is 8.51. The van der Waals surface area contributed by atoms with E-state index in [4.69, 9.17) is 4.99 Å². The third-order valence-corrected chi connectivity index (χ3v) is 4.90. The first-order valence-electron chi connectivity index (χ1n) is 7.09. The molecule has 0 aliphatic heterocycles. The smallest absolute Gasteiger partial charge is 0.0738 e. The summed E-state index contributed by atoms with van der Waals surface area (Å²) in [5.74, 6) is 0. The van der Waals surface area contributed by atoms with Crippen molar-refractivity contribution in [1.82, 2.24) is 0 Å². The highest BCUT2D eigenvalue weighted by Gasteiger charge is 2.15. The van der Waals surface area contributed by atoms with Gasteiger partial charge < -0.3 is 0 Å². The van der Waals surface area contributed by atoms with E-state index in [2.05, 4.69) is 38.1 Å². The van der Waals surface area contributed by atoms with Crippen molar-refractivity contribution in [2.45, 2.75) is 57.6 Å². The Morgan fingerprint density at radius 3 is 2.44 bits per heavy atom. The number of rotatable bonds is 3. The van der Waals surface area contributed by atoms with Crippen molar-refractivity contribution in [3.05, 3.63) is 29.8 Å². The summed E-state index contributed by atoms with van der Waals surface area (Å²) in [4.78, 5) is 4.79. The molecule has 18 heavy (non-hydrogen) atoms. The highest BCUT2D eigenvalue weighted by Crippen LogP contribution is 2.31. The lowest BCUT2D eigenvalue weighted by Gasteiger charge is -2.21. The summed E-state index contributed by atoms with van der Waals surface area (Å²) in [6.45, 7) is 4.33. The average Bonchev–Trinajstić information content (AvgIpc) is 2.41. The Kier molecular flexibility index (Phi) is 5.30. The molecule has 0 unspecified atom stereocenters. The summed E-state index contributed by atoms with van der Waals surface area (Å²) in [5, 5.41) is 2.11. The van der Waals surface area contributed by atoms with Crippen LogP contribution in [0.5, 0.6) is 0 Å². The van der Waals surface area contributed by atoms with Gasteiger partial charge in [0.05, 0.1) is 10.7 Å². The molecule has 1 saturated carbocycles. The Morgan fingerprint density at radius 2 is 1.83 bits per heavy atom. The van der Waals surface area contributed by atoms with Crippen LogP contribution in [0.4, 0.5) is 5.69 Å². The van der Waals surface area contributed by atoms with Crippen LogP contribution in [0, 0.1) is 6.92 Å². The van der Waals surface area contributed by atoms with E-state index in [0.717, 1.165) is 17.4 Å². The topological polar surface area (TPSA) is 12.4 Å². The van der Waals surface area contributed by atoms with Gasteiger partial charge in [0, 0.05) is 5.25 Å². The molecule has 0 amide bonds. The maximum absolute atomic E-state index is 4.79. The molecule has 0 radical (unpaired) electrons. The number of nitrogens with zero attached hydrogens (tertiary/aromatic N) is 1. The first-order valence-corrected chi connectivity index (χ1v) is 7.97. The molecule has 1 fully saturated rings. The Labute approximate surface area is 115 Å². The van der Waals surface area contributed by atoms with Gasteiger partial charge >= 0.3 is 0 Å². The van der Waals surface area contributed by atoms with E-state index in [0.29, 0.717) is 0 Å². The van der Waals surface area contributed by atoms with E-state index in [-0.39, 0.29) is 0 Å². The molecule has 0 N–H and O–H groups in total. The van der Waals surface area contributed by atoms with Crippen LogP contribution in [-0.4, -0.2) is 10.3 Å². The second-order valence-corrected chi connectivity index (χ2v) is 6.45. The Hall–Kier alpha value is -0.760. The van der Waals surface area contributed by atoms with Gasteiger partial charge in [0.2, 0.25) is 0 Å². The van der Waals surface area contributed by atoms with Crippen molar-refractivity contribution in [3.63, 3.8) is 0 Å². The van der Waals surface area contributed by atoms with E-state index in [1.807, 2.05) is 11.8 Å². The van der Waals surface area contributed by atoms with Crippen molar-refractivity contribution in [2.24, 2.45) is 4.99 Å². The monoisotopic (exact) mass is 261 g/mol. The van der Waals surface area contributed by atoms with Gasteiger partial charge in [0.1, 0.15) is 0 Å². The zero-order chi connectivity index (χ0) is 12.8. The number of hydrogen-bond acceptors (Lipinski definition) is 2. The molecule has 0 aromatic heterocycles. The van der Waals surface area contributed by atoms with Crippen LogP contribution < -0.4 is 0 Å². The highest BCUT2D eigenvalue weighted by atomic mass is 32.2. The Balaban J connectivity index is 2.00. The summed E-state index contributed by atoms with van der Waals surface area (Å²) >= 11 is 2.01. The van der Waals surface area contributed by atoms with Crippen LogP contribution >= 0.6 is 11.8 Å². The van der Waals surface area contributed by atoms with Crippen molar-refractivity contribution < 1.29 is 0 Å². The first-order chi connectivity index (χ1) is 8.78. The minimum atomic E-state index is 0.808. The van der Waals surface area contributed by atoms with Crippen LogP contribution in [0.2, 0.25) is 0 Å². The van der Waals surface area contributed by atoms with E-state index >= 15 is 0 Å². The number of aryl methyl sites for hydroxylation is 1. The predicted molar refractivity (Wildman–Crippen MR) is 83.0 cm³/mol. The lowest BCUT2D eigenvalue weighted by Crippen LogP contribution is -2.10. The number of hydrogen-bond donors (Lipinski definition) is 0. The second-order valence-electron chi connectivity index (χ2n) is 5.07. The fraction of sp³-hybridized carbons (Fsp3) is 0.562. The number of benzene rings is 1. The van der Waals surface area contributed by atoms with Crippen LogP contribution in [0.1, 0.15) is 51.0 Å². The maximum Gasteiger partial charge on any atom is 0.0738 e. The average molecular weight is 261 g/mol. The third kappa shape index (κ3) is 4.16. The third-order valence-electron chi connectivity index (χ3n) is 3.45. The van der Waals surface area contributed by atoms with Crippen molar-refractivity contribution >= 4 is 22.5 Å². The molecule has 0 heterocycles. The van der Waals surface area contributed by atoms with Gasteiger partial charge in [-0.05, 0) is 38.3 Å². The van der Waals surface area contributed by atoms with E-state index < -0.39 is 0 Å². The number of aliphatic imine (C=N–C) groups is 1. The molecular formula is C16H23NS. The molecule has 0 bridgehead atoms. The molecule has 2 heteroatoms. The van der Waals surface area contributed by atoms with Crippen molar-refractivity contribution in [2.75, 3.05) is 0 Å². The van der Waals surface area contributed by atoms with E-state index in [1.54, 1.807) is 0 Å². The second kappa shape index (κ2) is 6.98. The van der Waals surface area contributed by atoms with Gasteiger partial charge in [-0.3, -0.25) is 0 Å². The summed E-state index contributed by atoms with van der Waals surface area (Å²) < 4.78 is 0. The molecule has 1 aliphatic rings. The zero-order valence-corrected chi connectivity index (χ0v) is 12.3. The fourth-order valence-electron chi connectivity index (χ4n) is 2.33. The lowest BCUT2D eigenvalue weighted by molar-refractivity contribution is 0.517. The van der Waals surface area contributed by atoms with Crippen molar-refractivity contribution in [3.8, 4) is 0 Å². The molecule has 0 atom stereocenters. The normalized spacial score (nSPS) is 18.0. The van der Waals surface area contributed by atoms with Gasteiger partial charge in [-0.1, -0.05) is 43.9 Å². The molecule has 1 aromatic carbocycles. The van der Waals surface area contributed by atoms with E-state index in [1.165, 1.54) is 42.7 Å². The van der Waals surface area contributed by atoms with Crippen LogP contribution in [0.15, 0.2) is 29.3 Å². The van der Waals surface area contributed by atoms with Crippen LogP contribution in [0.25, 0.3) is 0 Å².